The second-order valence-corrected chi connectivity index (χ2v) is 3.47. The zero-order valence-electron chi connectivity index (χ0n) is 9.53. The smallest absolute Gasteiger partial charge is 0.469 e. The van der Waals surface area contributed by atoms with E-state index in [1.807, 2.05) is 0 Å². The van der Waals surface area contributed by atoms with Crippen molar-refractivity contribution in [1.82, 2.24) is 0 Å². The van der Waals surface area contributed by atoms with E-state index in [0.29, 0.717) is 0 Å². The van der Waals surface area contributed by atoms with Gasteiger partial charge in [-0.05, 0) is 6.07 Å². The number of carbonyl (C=O) groups is 1. The molecule has 0 heterocycles. The molecule has 7 heteroatoms. The molecule has 1 unspecified atom stereocenters. The van der Waals surface area contributed by atoms with Gasteiger partial charge in [-0.2, -0.15) is 0 Å². The van der Waals surface area contributed by atoms with Crippen LogP contribution in [0.1, 0.15) is 18.0 Å². The lowest BCUT2D eigenvalue weighted by Crippen LogP contribution is -2.21. The number of ether oxygens (including phenoxy) is 2. The number of carbonyl (C=O) groups excluding carboxylic acids is 1. The summed E-state index contributed by atoms with van der Waals surface area (Å²) in [7, 11) is 1.17. The van der Waals surface area contributed by atoms with Gasteiger partial charge in [0.05, 0.1) is 13.5 Å². The maximum absolute atomic E-state index is 12.2. The van der Waals surface area contributed by atoms with E-state index in [9.17, 15) is 18.0 Å². The first-order chi connectivity index (χ1) is 8.33. The maximum atomic E-state index is 12.2. The summed E-state index contributed by atoms with van der Waals surface area (Å²) in [6.45, 7) is 0. The summed E-state index contributed by atoms with van der Waals surface area (Å²) < 4.78 is 44.7. The minimum atomic E-state index is -4.80. The van der Waals surface area contributed by atoms with Crippen LogP contribution in [0.25, 0.3) is 0 Å². The quantitative estimate of drug-likeness (QED) is 0.845. The monoisotopic (exact) mass is 263 g/mol. The Bertz CT molecular complexity index is 420. The van der Waals surface area contributed by atoms with Gasteiger partial charge < -0.3 is 15.2 Å². The Morgan fingerprint density at radius 1 is 1.39 bits per heavy atom. The van der Waals surface area contributed by atoms with Crippen molar-refractivity contribution in [2.45, 2.75) is 18.8 Å². The van der Waals surface area contributed by atoms with E-state index in [0.717, 1.165) is 6.07 Å². The molecular weight excluding hydrogens is 251 g/mol. The Labute approximate surface area is 101 Å². The minimum absolute atomic E-state index is 0.0974. The first kappa shape index (κ1) is 14.3. The molecule has 0 amide bonds. The van der Waals surface area contributed by atoms with Crippen molar-refractivity contribution >= 4 is 5.97 Å². The third-order valence-electron chi connectivity index (χ3n) is 2.16. The van der Waals surface area contributed by atoms with Crippen LogP contribution in [-0.4, -0.2) is 19.4 Å². The molecular formula is C11H12F3NO3. The van der Waals surface area contributed by atoms with Crippen molar-refractivity contribution in [3.63, 3.8) is 0 Å². The summed E-state index contributed by atoms with van der Waals surface area (Å²) in [5.41, 5.74) is 5.74. The van der Waals surface area contributed by atoms with Crippen molar-refractivity contribution in [3.8, 4) is 5.75 Å². The summed E-state index contributed by atoms with van der Waals surface area (Å²) >= 11 is 0. The summed E-state index contributed by atoms with van der Waals surface area (Å²) in [5.74, 6) is -1.02. The number of hydrogen-bond acceptors (Lipinski definition) is 4. The predicted molar refractivity (Wildman–Crippen MR) is 56.7 cm³/mol. The number of halogens is 3. The van der Waals surface area contributed by atoms with Gasteiger partial charge in [-0.3, -0.25) is 4.79 Å². The number of methoxy groups -OCH3 is 1. The Morgan fingerprint density at radius 2 is 2.00 bits per heavy atom. The molecule has 0 saturated carbocycles. The van der Waals surface area contributed by atoms with Gasteiger partial charge in [-0.15, -0.1) is 13.2 Å². The molecule has 1 aromatic carbocycles. The van der Waals surface area contributed by atoms with Crippen molar-refractivity contribution in [2.24, 2.45) is 5.73 Å². The van der Waals surface area contributed by atoms with E-state index < -0.39 is 24.1 Å². The number of para-hydroxylation sites is 1. The summed E-state index contributed by atoms with van der Waals surface area (Å²) in [4.78, 5) is 11.0. The lowest BCUT2D eigenvalue weighted by molar-refractivity contribution is -0.274. The van der Waals surface area contributed by atoms with Gasteiger partial charge in [0.15, 0.2) is 0 Å². The number of rotatable bonds is 4. The van der Waals surface area contributed by atoms with Gasteiger partial charge >= 0.3 is 12.3 Å². The molecule has 0 fully saturated rings. The van der Waals surface area contributed by atoms with Gasteiger partial charge in [0.25, 0.3) is 0 Å². The molecule has 0 saturated heterocycles. The normalized spacial score (nSPS) is 12.9. The third-order valence-corrected chi connectivity index (χ3v) is 2.16. The lowest BCUT2D eigenvalue weighted by Gasteiger charge is -2.17. The average molecular weight is 263 g/mol. The van der Waals surface area contributed by atoms with Gasteiger partial charge in [-0.25, -0.2) is 0 Å². The molecule has 0 aromatic heterocycles. The summed E-state index contributed by atoms with van der Waals surface area (Å²) in [6.07, 6.45) is -5.03. The van der Waals surface area contributed by atoms with Crippen LogP contribution in [0, 0.1) is 0 Å². The molecule has 0 bridgehead atoms. The van der Waals surface area contributed by atoms with Crippen LogP contribution in [0.4, 0.5) is 13.2 Å². The van der Waals surface area contributed by atoms with Crippen molar-refractivity contribution in [1.29, 1.82) is 0 Å². The molecule has 1 aromatic rings. The van der Waals surface area contributed by atoms with Crippen LogP contribution in [0.3, 0.4) is 0 Å². The molecule has 0 radical (unpaired) electrons. The zero-order chi connectivity index (χ0) is 13.8. The summed E-state index contributed by atoms with van der Waals surface area (Å²) in [6, 6.07) is 4.48. The number of esters is 1. The molecule has 1 atom stereocenters. The second-order valence-electron chi connectivity index (χ2n) is 3.47. The van der Waals surface area contributed by atoms with Crippen LogP contribution in [0.15, 0.2) is 24.3 Å². The van der Waals surface area contributed by atoms with Crippen LogP contribution in [0.5, 0.6) is 5.75 Å². The van der Waals surface area contributed by atoms with E-state index in [-0.39, 0.29) is 12.0 Å². The number of benzene rings is 1. The van der Waals surface area contributed by atoms with E-state index in [1.54, 1.807) is 0 Å². The molecule has 4 nitrogen and oxygen atoms in total. The molecule has 1 rings (SSSR count). The zero-order valence-corrected chi connectivity index (χ0v) is 9.53. The fourth-order valence-electron chi connectivity index (χ4n) is 1.38. The Morgan fingerprint density at radius 3 is 2.56 bits per heavy atom. The maximum Gasteiger partial charge on any atom is 0.573 e. The average Bonchev–Trinajstić information content (AvgIpc) is 2.27. The highest BCUT2D eigenvalue weighted by Crippen LogP contribution is 2.30. The standard InChI is InChI=1S/C11H12F3NO3/c1-17-10(16)6-8(15)7-4-2-3-5-9(7)18-11(12,13)14/h2-5,8H,6,15H2,1H3. The molecule has 0 spiro atoms. The highest BCUT2D eigenvalue weighted by atomic mass is 19.4. The van der Waals surface area contributed by atoms with E-state index >= 15 is 0 Å². The molecule has 0 aliphatic rings. The first-order valence-corrected chi connectivity index (χ1v) is 5.00. The highest BCUT2D eigenvalue weighted by Gasteiger charge is 2.32. The second kappa shape index (κ2) is 5.72. The van der Waals surface area contributed by atoms with Crippen LogP contribution in [0.2, 0.25) is 0 Å². The molecule has 100 valence electrons. The largest absolute Gasteiger partial charge is 0.573 e. The van der Waals surface area contributed by atoms with Gasteiger partial charge in [0.2, 0.25) is 0 Å². The van der Waals surface area contributed by atoms with Crippen molar-refractivity contribution in [3.05, 3.63) is 29.8 Å². The Hall–Kier alpha value is -1.76. The van der Waals surface area contributed by atoms with Crippen molar-refractivity contribution in [2.75, 3.05) is 7.11 Å². The molecule has 18 heavy (non-hydrogen) atoms. The van der Waals surface area contributed by atoms with Crippen LogP contribution < -0.4 is 10.5 Å². The van der Waals surface area contributed by atoms with E-state index in [2.05, 4.69) is 9.47 Å². The SMILES string of the molecule is COC(=O)CC(N)c1ccccc1OC(F)(F)F. The highest BCUT2D eigenvalue weighted by molar-refractivity contribution is 5.70. The van der Waals surface area contributed by atoms with E-state index in [4.69, 9.17) is 5.73 Å². The number of hydrogen-bond donors (Lipinski definition) is 1. The molecule has 2 N–H and O–H groups in total. The van der Waals surface area contributed by atoms with E-state index in [1.165, 1.54) is 25.3 Å². The lowest BCUT2D eigenvalue weighted by atomic mass is 10.0. The Balaban J connectivity index is 2.91. The predicted octanol–water partition coefficient (Wildman–Crippen LogP) is 2.15. The van der Waals surface area contributed by atoms with Crippen LogP contribution >= 0.6 is 0 Å². The fraction of sp³-hybridized carbons (Fsp3) is 0.364. The van der Waals surface area contributed by atoms with Gasteiger partial charge in [-0.1, -0.05) is 18.2 Å². The summed E-state index contributed by atoms with van der Waals surface area (Å²) in [5, 5.41) is 0. The Kier molecular flexibility index (Phi) is 4.55. The van der Waals surface area contributed by atoms with Gasteiger partial charge in [0.1, 0.15) is 5.75 Å². The number of nitrogens with two attached hydrogens (primary N) is 1. The van der Waals surface area contributed by atoms with Gasteiger partial charge in [0, 0.05) is 11.6 Å². The molecule has 0 aliphatic carbocycles. The molecule has 0 aliphatic heterocycles. The topological polar surface area (TPSA) is 61.5 Å². The van der Waals surface area contributed by atoms with Crippen molar-refractivity contribution < 1.29 is 27.4 Å². The third kappa shape index (κ3) is 4.25. The minimum Gasteiger partial charge on any atom is -0.469 e. The fourth-order valence-corrected chi connectivity index (χ4v) is 1.38. The van der Waals surface area contributed by atoms with Crippen LogP contribution in [-0.2, 0) is 9.53 Å². The first-order valence-electron chi connectivity index (χ1n) is 5.00. The number of alkyl halides is 3.